The van der Waals surface area contributed by atoms with E-state index in [2.05, 4.69) is 15.3 Å². The summed E-state index contributed by atoms with van der Waals surface area (Å²) in [6.07, 6.45) is 4.08. The minimum Gasteiger partial charge on any atom is -0.488 e. The molecule has 0 fully saturated rings. The molecule has 0 radical (unpaired) electrons. The molecule has 0 spiro atoms. The van der Waals surface area contributed by atoms with Crippen molar-refractivity contribution >= 4 is 50.7 Å². The number of aryl methyl sites for hydroxylation is 1. The summed E-state index contributed by atoms with van der Waals surface area (Å²) < 4.78 is 8.26. The number of aliphatic imine (C=N–C) groups is 1. The van der Waals surface area contributed by atoms with Gasteiger partial charge in [-0.1, -0.05) is 60.0 Å². The molecule has 0 aliphatic carbocycles. The summed E-state index contributed by atoms with van der Waals surface area (Å²) in [5, 5.41) is 13.8. The maximum atomic E-state index is 13.5. The van der Waals surface area contributed by atoms with Gasteiger partial charge in [0, 0.05) is 52.9 Å². The van der Waals surface area contributed by atoms with Crippen molar-refractivity contribution in [2.24, 2.45) is 10.7 Å². The molecule has 2 amide bonds. The number of aromatic amines is 1. The number of carbonyl (C=O) groups is 2. The topological polar surface area (TPSA) is 170 Å². The Kier molecular flexibility index (Phi) is 7.31. The Hall–Kier alpha value is -5.91. The van der Waals surface area contributed by atoms with Crippen LogP contribution in [0.25, 0.3) is 33.0 Å². The number of ether oxygens (including phenoxy) is 1. The Labute approximate surface area is 245 Å². The van der Waals surface area contributed by atoms with Gasteiger partial charge in [0.05, 0.1) is 16.7 Å². The first kappa shape index (κ1) is 27.3. The highest BCUT2D eigenvalue weighted by Crippen LogP contribution is 2.41. The first-order valence-electron chi connectivity index (χ1n) is 13.6. The van der Waals surface area contributed by atoms with Gasteiger partial charge < -0.3 is 20.0 Å². The van der Waals surface area contributed by atoms with Crippen molar-refractivity contribution in [3.8, 4) is 5.75 Å². The minimum absolute atomic E-state index is 0.230. The second kappa shape index (κ2) is 11.5. The molecule has 5 N–H and O–H groups in total. The van der Waals surface area contributed by atoms with E-state index in [0.29, 0.717) is 41.8 Å². The number of aromatic nitrogens is 2. The lowest BCUT2D eigenvalue weighted by Crippen LogP contribution is -2.36. The quantitative estimate of drug-likeness (QED) is 0.0489. The van der Waals surface area contributed by atoms with Crippen LogP contribution in [0.4, 0.5) is 0 Å². The number of nitro groups is 1. The Bertz CT molecular complexity index is 1940. The van der Waals surface area contributed by atoms with Crippen LogP contribution >= 0.6 is 0 Å². The largest absolute Gasteiger partial charge is 0.488 e. The van der Waals surface area contributed by atoms with E-state index in [1.165, 1.54) is 0 Å². The van der Waals surface area contributed by atoms with Crippen LogP contribution in [0, 0.1) is 10.1 Å². The van der Waals surface area contributed by atoms with Crippen molar-refractivity contribution in [3.05, 3.63) is 112 Å². The third kappa shape index (κ3) is 5.40. The number of imide groups is 1. The van der Waals surface area contributed by atoms with Crippen LogP contribution in [0.1, 0.15) is 23.1 Å². The standard InChI is InChI=1S/C31H27N7O5/c32-31(36-38(41)42)33-14-7-15-37-17-22(26-24(37)12-6-13-25(26)43-18-19-8-2-1-3-9-19)28-27(29(39)35-30(28)40)21-16-34-23-11-5-4-10-20(21)23/h1-6,8-13,16-17,34H,7,14-15,18H2,(H3,32,33,36)(H,35,39,40). The number of amides is 2. The summed E-state index contributed by atoms with van der Waals surface area (Å²) in [5.41, 5.74) is 11.7. The normalized spacial score (nSPS) is 13.6. The number of benzene rings is 3. The molecule has 12 nitrogen and oxygen atoms in total. The van der Waals surface area contributed by atoms with Gasteiger partial charge in [0.25, 0.3) is 17.8 Å². The SMILES string of the molecule is NC(=NCCCn1cc(C2=C(c3c[nH]c4ccccc34)C(=O)NC2=O)c2c(OCc3ccccc3)cccc21)N[N+](=O)[O-]. The second-order valence-electron chi connectivity index (χ2n) is 9.93. The monoisotopic (exact) mass is 577 g/mol. The second-order valence-corrected chi connectivity index (χ2v) is 9.93. The number of H-pyrrole nitrogens is 1. The van der Waals surface area contributed by atoms with Crippen molar-refractivity contribution in [1.29, 1.82) is 0 Å². The maximum absolute atomic E-state index is 13.5. The molecule has 0 saturated carbocycles. The van der Waals surface area contributed by atoms with Crippen LogP contribution in [0.3, 0.4) is 0 Å². The summed E-state index contributed by atoms with van der Waals surface area (Å²) >= 11 is 0. The van der Waals surface area contributed by atoms with Gasteiger partial charge in [0.1, 0.15) is 12.4 Å². The van der Waals surface area contributed by atoms with E-state index in [-0.39, 0.29) is 23.7 Å². The van der Waals surface area contributed by atoms with Crippen LogP contribution in [-0.2, 0) is 22.7 Å². The number of nitrogens with zero attached hydrogens (tertiary/aromatic N) is 3. The van der Waals surface area contributed by atoms with Crippen LogP contribution < -0.4 is 21.2 Å². The van der Waals surface area contributed by atoms with Crippen molar-refractivity contribution in [2.45, 2.75) is 19.6 Å². The van der Waals surface area contributed by atoms with Gasteiger partial charge in [0.15, 0.2) is 5.03 Å². The van der Waals surface area contributed by atoms with E-state index >= 15 is 0 Å². The summed E-state index contributed by atoms with van der Waals surface area (Å²) in [4.78, 5) is 44.5. The van der Waals surface area contributed by atoms with Crippen molar-refractivity contribution in [1.82, 2.24) is 20.3 Å². The fourth-order valence-electron chi connectivity index (χ4n) is 5.37. The molecule has 0 bridgehead atoms. The fraction of sp³-hybridized carbons (Fsp3) is 0.129. The molecule has 3 heterocycles. The van der Waals surface area contributed by atoms with Gasteiger partial charge in [-0.15, -0.1) is 0 Å². The number of fused-ring (bicyclic) bond motifs is 2. The Morgan fingerprint density at radius 3 is 2.51 bits per heavy atom. The van der Waals surface area contributed by atoms with Crippen LogP contribution in [-0.4, -0.2) is 38.9 Å². The van der Waals surface area contributed by atoms with E-state index in [9.17, 15) is 19.7 Å². The Morgan fingerprint density at radius 1 is 0.977 bits per heavy atom. The van der Waals surface area contributed by atoms with Gasteiger partial charge >= 0.3 is 0 Å². The molecule has 3 aromatic carbocycles. The van der Waals surface area contributed by atoms with Crippen LogP contribution in [0.5, 0.6) is 5.75 Å². The zero-order valence-electron chi connectivity index (χ0n) is 22.9. The summed E-state index contributed by atoms with van der Waals surface area (Å²) in [6, 6.07) is 22.9. The number of hydrazine groups is 1. The molecular formula is C31H27N7O5. The number of hydrogen-bond acceptors (Lipinski definition) is 6. The van der Waals surface area contributed by atoms with E-state index < -0.39 is 16.8 Å². The molecule has 1 aliphatic heterocycles. The Morgan fingerprint density at radius 2 is 1.72 bits per heavy atom. The van der Waals surface area contributed by atoms with Crippen molar-refractivity contribution < 1.29 is 19.4 Å². The van der Waals surface area contributed by atoms with Crippen LogP contribution in [0.15, 0.2) is 90.2 Å². The highest BCUT2D eigenvalue weighted by molar-refractivity contribution is 6.51. The molecule has 0 unspecified atom stereocenters. The third-order valence-electron chi connectivity index (χ3n) is 7.21. The molecule has 216 valence electrons. The molecule has 12 heteroatoms. The smallest absolute Gasteiger partial charge is 0.259 e. The van der Waals surface area contributed by atoms with Gasteiger partial charge in [-0.05, 0) is 30.2 Å². The zero-order valence-corrected chi connectivity index (χ0v) is 22.9. The molecule has 43 heavy (non-hydrogen) atoms. The zero-order chi connectivity index (χ0) is 29.9. The molecule has 2 aromatic heterocycles. The van der Waals surface area contributed by atoms with E-state index in [1.54, 1.807) is 6.20 Å². The number of nitrogens with two attached hydrogens (primary N) is 1. The highest BCUT2D eigenvalue weighted by Gasteiger charge is 2.35. The maximum Gasteiger partial charge on any atom is 0.259 e. The first-order chi connectivity index (χ1) is 20.9. The summed E-state index contributed by atoms with van der Waals surface area (Å²) in [5.74, 6) is -0.693. The summed E-state index contributed by atoms with van der Waals surface area (Å²) in [7, 11) is 0. The summed E-state index contributed by atoms with van der Waals surface area (Å²) in [6.45, 7) is 0.995. The minimum atomic E-state index is -0.769. The number of para-hydroxylation sites is 1. The molecule has 5 aromatic rings. The first-order valence-corrected chi connectivity index (χ1v) is 13.6. The third-order valence-corrected chi connectivity index (χ3v) is 7.21. The molecule has 6 rings (SSSR count). The van der Waals surface area contributed by atoms with Gasteiger partial charge in [-0.3, -0.25) is 14.9 Å². The number of hydrogen-bond donors (Lipinski definition) is 4. The average molecular weight is 578 g/mol. The molecule has 0 atom stereocenters. The highest BCUT2D eigenvalue weighted by atomic mass is 16.7. The number of rotatable bonds is 10. The molecule has 0 saturated heterocycles. The average Bonchev–Trinajstić information content (AvgIpc) is 3.67. The fourth-order valence-corrected chi connectivity index (χ4v) is 5.37. The number of guanidine groups is 1. The lowest BCUT2D eigenvalue weighted by molar-refractivity contribution is -0.525. The number of carbonyl (C=O) groups excluding carboxylic acids is 2. The lowest BCUT2D eigenvalue weighted by atomic mass is 9.95. The molecule has 1 aliphatic rings. The van der Waals surface area contributed by atoms with Crippen molar-refractivity contribution in [3.63, 3.8) is 0 Å². The van der Waals surface area contributed by atoms with Gasteiger partial charge in [0.2, 0.25) is 0 Å². The van der Waals surface area contributed by atoms with E-state index in [0.717, 1.165) is 22.0 Å². The lowest BCUT2D eigenvalue weighted by Gasteiger charge is -2.10. The number of nitrogens with one attached hydrogen (secondary N) is 3. The van der Waals surface area contributed by atoms with Crippen LogP contribution in [0.2, 0.25) is 0 Å². The van der Waals surface area contributed by atoms with Gasteiger partial charge in [-0.2, -0.15) is 0 Å². The molecular weight excluding hydrogens is 550 g/mol. The predicted molar refractivity (Wildman–Crippen MR) is 162 cm³/mol. The van der Waals surface area contributed by atoms with E-state index in [4.69, 9.17) is 10.5 Å². The van der Waals surface area contributed by atoms with Gasteiger partial charge in [-0.25, -0.2) is 15.1 Å². The van der Waals surface area contributed by atoms with Crippen molar-refractivity contribution in [2.75, 3.05) is 6.54 Å². The Balaban J connectivity index is 1.46. The van der Waals surface area contributed by atoms with E-state index in [1.807, 2.05) is 89.0 Å². The predicted octanol–water partition coefficient (Wildman–Crippen LogP) is 3.75.